The smallest absolute Gasteiger partial charge is 0.317 e. The van der Waals surface area contributed by atoms with Crippen LogP contribution in [0.1, 0.15) is 27.6 Å². The Labute approximate surface area is 124 Å². The molecule has 1 aromatic heterocycles. The maximum Gasteiger partial charge on any atom is 0.317 e. The van der Waals surface area contributed by atoms with Crippen molar-refractivity contribution in [2.45, 2.75) is 6.92 Å². The molecular formula is C14H13N3O3S. The zero-order chi connectivity index (χ0) is 15.6. The van der Waals surface area contributed by atoms with Gasteiger partial charge in [0.15, 0.2) is 5.78 Å². The monoisotopic (exact) mass is 303 g/mol. The molecule has 0 unspecified atom stereocenters. The molecule has 0 radical (unpaired) electrons. The minimum Gasteiger partial charge on any atom is -0.366 e. The van der Waals surface area contributed by atoms with Crippen molar-refractivity contribution >= 4 is 34.1 Å². The first kappa shape index (κ1) is 14.7. The molecule has 0 aliphatic rings. The van der Waals surface area contributed by atoms with Gasteiger partial charge in [-0.15, -0.1) is 11.3 Å². The van der Waals surface area contributed by atoms with Gasteiger partial charge in [-0.05, 0) is 18.6 Å². The summed E-state index contributed by atoms with van der Waals surface area (Å²) in [6.45, 7) is 1.49. The van der Waals surface area contributed by atoms with Gasteiger partial charge in [-0.1, -0.05) is 24.3 Å². The second kappa shape index (κ2) is 5.76. The van der Waals surface area contributed by atoms with Crippen LogP contribution in [0, 0.1) is 0 Å². The van der Waals surface area contributed by atoms with Crippen LogP contribution in [0.25, 0.3) is 10.4 Å². The number of ketones is 1. The molecule has 6 nitrogen and oxygen atoms in total. The number of carbonyl (C=O) groups is 3. The van der Waals surface area contributed by atoms with E-state index in [2.05, 4.69) is 5.32 Å². The summed E-state index contributed by atoms with van der Waals surface area (Å²) < 4.78 is 0. The van der Waals surface area contributed by atoms with Crippen LogP contribution in [-0.4, -0.2) is 17.7 Å². The number of Topliss-reactive ketones (excluding diaryl/α,β-unsaturated/α-hetero) is 1. The number of benzene rings is 1. The number of amides is 3. The van der Waals surface area contributed by atoms with E-state index >= 15 is 0 Å². The van der Waals surface area contributed by atoms with E-state index in [0.29, 0.717) is 10.6 Å². The average Bonchev–Trinajstić information content (AvgIpc) is 2.82. The van der Waals surface area contributed by atoms with Gasteiger partial charge in [-0.2, -0.15) is 0 Å². The molecular weight excluding hydrogens is 290 g/mol. The van der Waals surface area contributed by atoms with Crippen LogP contribution in [0.4, 0.5) is 9.80 Å². The highest BCUT2D eigenvalue weighted by atomic mass is 32.1. The number of nitrogens with two attached hydrogens (primary N) is 2. The Balaban J connectivity index is 2.42. The first-order valence-corrected chi connectivity index (χ1v) is 6.81. The van der Waals surface area contributed by atoms with Crippen molar-refractivity contribution in [3.63, 3.8) is 0 Å². The molecule has 3 amide bonds. The zero-order valence-electron chi connectivity index (χ0n) is 11.2. The van der Waals surface area contributed by atoms with Crippen LogP contribution in [0.2, 0.25) is 0 Å². The summed E-state index contributed by atoms with van der Waals surface area (Å²) >= 11 is 1.19. The highest BCUT2D eigenvalue weighted by molar-refractivity contribution is 7.20. The fourth-order valence-electron chi connectivity index (χ4n) is 1.79. The maximum atomic E-state index is 11.4. The van der Waals surface area contributed by atoms with Crippen LogP contribution in [0.15, 0.2) is 30.3 Å². The van der Waals surface area contributed by atoms with Crippen molar-refractivity contribution < 1.29 is 14.4 Å². The lowest BCUT2D eigenvalue weighted by atomic mass is 10.1. The van der Waals surface area contributed by atoms with E-state index in [1.807, 2.05) is 0 Å². The van der Waals surface area contributed by atoms with E-state index in [-0.39, 0.29) is 11.3 Å². The molecule has 2 aromatic rings. The van der Waals surface area contributed by atoms with Gasteiger partial charge in [0.25, 0.3) is 5.91 Å². The number of nitrogens with one attached hydrogen (secondary N) is 1. The third-order valence-electron chi connectivity index (χ3n) is 2.81. The summed E-state index contributed by atoms with van der Waals surface area (Å²) in [4.78, 5) is 34.3. The number of hydrogen-bond donors (Lipinski definition) is 3. The molecule has 0 spiro atoms. The van der Waals surface area contributed by atoms with Crippen LogP contribution in [0.3, 0.4) is 0 Å². The molecule has 0 bridgehead atoms. The molecule has 0 aliphatic heterocycles. The van der Waals surface area contributed by atoms with E-state index in [0.717, 1.165) is 10.4 Å². The lowest BCUT2D eigenvalue weighted by molar-refractivity contribution is 0.0997. The third kappa shape index (κ3) is 3.26. The molecule has 21 heavy (non-hydrogen) atoms. The average molecular weight is 303 g/mol. The maximum absolute atomic E-state index is 11.4. The van der Waals surface area contributed by atoms with Gasteiger partial charge in [-0.3, -0.25) is 14.9 Å². The van der Waals surface area contributed by atoms with Crippen LogP contribution in [0.5, 0.6) is 0 Å². The summed E-state index contributed by atoms with van der Waals surface area (Å²) in [6, 6.07) is 7.74. The molecule has 0 aliphatic carbocycles. The predicted molar refractivity (Wildman–Crippen MR) is 81.5 cm³/mol. The molecule has 0 atom stereocenters. The number of hydrogen-bond acceptors (Lipinski definition) is 4. The van der Waals surface area contributed by atoms with E-state index in [1.54, 1.807) is 30.3 Å². The number of primary amides is 2. The van der Waals surface area contributed by atoms with Gasteiger partial charge in [-0.25, -0.2) is 4.79 Å². The first-order valence-electron chi connectivity index (χ1n) is 6.00. The van der Waals surface area contributed by atoms with E-state index in [9.17, 15) is 14.4 Å². The lowest BCUT2D eigenvalue weighted by Crippen LogP contribution is -2.21. The second-order valence-electron chi connectivity index (χ2n) is 4.34. The number of thiophene rings is 1. The highest BCUT2D eigenvalue weighted by Gasteiger charge is 2.16. The fraction of sp³-hybridized carbons (Fsp3) is 0.0714. The number of anilines is 1. The Hall–Kier alpha value is -2.67. The number of rotatable bonds is 4. The molecule has 0 saturated heterocycles. The Kier molecular flexibility index (Phi) is 4.04. The minimum atomic E-state index is -0.766. The minimum absolute atomic E-state index is 0.0263. The van der Waals surface area contributed by atoms with E-state index in [1.165, 1.54) is 18.3 Å². The second-order valence-corrected chi connectivity index (χ2v) is 5.39. The quantitative estimate of drug-likeness (QED) is 0.752. The molecule has 1 heterocycles. The molecule has 1 aromatic carbocycles. The standard InChI is InChI=1S/C14H13N3O3S/c1-7(18)8-2-4-9(5-3-8)11-6-10(12(15)19)13(21-11)17-14(16)20/h2-6H,1H3,(H2,15,19)(H3,16,17,20). The van der Waals surface area contributed by atoms with Gasteiger partial charge >= 0.3 is 6.03 Å². The zero-order valence-corrected chi connectivity index (χ0v) is 12.0. The predicted octanol–water partition coefficient (Wildman–Crippen LogP) is 2.21. The fourth-order valence-corrected chi connectivity index (χ4v) is 2.86. The van der Waals surface area contributed by atoms with Crippen LogP contribution < -0.4 is 16.8 Å². The summed E-state index contributed by atoms with van der Waals surface area (Å²) in [5.74, 6) is -0.678. The summed E-state index contributed by atoms with van der Waals surface area (Å²) in [7, 11) is 0. The SMILES string of the molecule is CC(=O)c1ccc(-c2cc(C(N)=O)c(NC(N)=O)s2)cc1. The van der Waals surface area contributed by atoms with Crippen molar-refractivity contribution in [1.82, 2.24) is 0 Å². The Morgan fingerprint density at radius 3 is 2.19 bits per heavy atom. The molecule has 0 fully saturated rings. The van der Waals surface area contributed by atoms with Crippen molar-refractivity contribution in [3.8, 4) is 10.4 Å². The van der Waals surface area contributed by atoms with Gasteiger partial charge in [0.2, 0.25) is 0 Å². The van der Waals surface area contributed by atoms with Gasteiger partial charge < -0.3 is 11.5 Å². The highest BCUT2D eigenvalue weighted by Crippen LogP contribution is 2.35. The Morgan fingerprint density at radius 2 is 1.71 bits per heavy atom. The molecule has 5 N–H and O–H groups in total. The topological polar surface area (TPSA) is 115 Å². The van der Waals surface area contributed by atoms with Crippen molar-refractivity contribution in [2.75, 3.05) is 5.32 Å². The molecule has 2 rings (SSSR count). The van der Waals surface area contributed by atoms with Crippen molar-refractivity contribution in [2.24, 2.45) is 11.5 Å². The third-order valence-corrected chi connectivity index (χ3v) is 3.91. The van der Waals surface area contributed by atoms with Gasteiger partial charge in [0.05, 0.1) is 5.56 Å². The normalized spacial score (nSPS) is 10.1. The summed E-state index contributed by atoms with van der Waals surface area (Å²) in [5, 5.41) is 2.68. The van der Waals surface area contributed by atoms with Crippen LogP contribution in [-0.2, 0) is 0 Å². The van der Waals surface area contributed by atoms with Gasteiger partial charge in [0, 0.05) is 10.4 Å². The van der Waals surface area contributed by atoms with Crippen molar-refractivity contribution in [1.29, 1.82) is 0 Å². The molecule has 108 valence electrons. The summed E-state index contributed by atoms with van der Waals surface area (Å²) in [5.41, 5.74) is 11.9. The summed E-state index contributed by atoms with van der Waals surface area (Å²) in [6.07, 6.45) is 0. The van der Waals surface area contributed by atoms with Crippen LogP contribution >= 0.6 is 11.3 Å². The molecule has 7 heteroatoms. The van der Waals surface area contributed by atoms with E-state index in [4.69, 9.17) is 11.5 Å². The Morgan fingerprint density at radius 1 is 1.10 bits per heavy atom. The Bertz CT molecular complexity index is 720. The number of urea groups is 1. The van der Waals surface area contributed by atoms with Crippen molar-refractivity contribution in [3.05, 3.63) is 41.5 Å². The first-order chi connectivity index (χ1) is 9.88. The number of carbonyl (C=O) groups excluding carboxylic acids is 3. The lowest BCUT2D eigenvalue weighted by Gasteiger charge is -1.99. The van der Waals surface area contributed by atoms with E-state index < -0.39 is 11.9 Å². The molecule has 0 saturated carbocycles. The van der Waals surface area contributed by atoms with Gasteiger partial charge in [0.1, 0.15) is 5.00 Å². The largest absolute Gasteiger partial charge is 0.366 e.